The molecule has 0 aromatic carbocycles. The van der Waals surface area contributed by atoms with Gasteiger partial charge in [-0.3, -0.25) is 4.79 Å². The first-order valence-corrected chi connectivity index (χ1v) is 5.99. The number of esters is 1. The van der Waals surface area contributed by atoms with E-state index in [0.29, 0.717) is 6.61 Å². The number of hydrogen-bond acceptors (Lipinski definition) is 4. The van der Waals surface area contributed by atoms with E-state index in [0.717, 1.165) is 25.7 Å². The predicted molar refractivity (Wildman–Crippen MR) is 62.0 cm³/mol. The molecule has 16 heavy (non-hydrogen) atoms. The van der Waals surface area contributed by atoms with Crippen LogP contribution in [-0.4, -0.2) is 31.3 Å². The van der Waals surface area contributed by atoms with Crippen LogP contribution < -0.4 is 5.73 Å². The minimum absolute atomic E-state index is 0.193. The Labute approximate surface area is 97.5 Å². The number of nitrogens with two attached hydrogens (primary N) is 1. The fourth-order valence-corrected chi connectivity index (χ4v) is 2.41. The Morgan fingerprint density at radius 1 is 1.56 bits per heavy atom. The summed E-state index contributed by atoms with van der Waals surface area (Å²) in [6, 6.07) is 0. The third kappa shape index (κ3) is 2.95. The van der Waals surface area contributed by atoms with Crippen molar-refractivity contribution in [3.05, 3.63) is 0 Å². The van der Waals surface area contributed by atoms with Crippen LogP contribution in [-0.2, 0) is 14.3 Å². The standard InChI is InChI=1S/C12H23NO3/c1-9(2)16-8-6-10-5-4-7-12(10,13)11(14)15-3/h9-10H,4-8,13H2,1-3H3. The average molecular weight is 229 g/mol. The number of rotatable bonds is 5. The van der Waals surface area contributed by atoms with Gasteiger partial charge in [0.25, 0.3) is 0 Å². The molecule has 0 amide bonds. The first kappa shape index (κ1) is 13.5. The van der Waals surface area contributed by atoms with Gasteiger partial charge in [-0.25, -0.2) is 0 Å². The highest BCUT2D eigenvalue weighted by atomic mass is 16.5. The molecule has 0 heterocycles. The van der Waals surface area contributed by atoms with E-state index in [-0.39, 0.29) is 18.0 Å². The number of carbonyl (C=O) groups excluding carboxylic acids is 1. The van der Waals surface area contributed by atoms with Crippen molar-refractivity contribution in [1.29, 1.82) is 0 Å². The lowest BCUT2D eigenvalue weighted by Crippen LogP contribution is -2.51. The molecule has 0 aromatic heterocycles. The maximum absolute atomic E-state index is 11.7. The van der Waals surface area contributed by atoms with Crippen molar-refractivity contribution in [2.75, 3.05) is 13.7 Å². The average Bonchev–Trinajstić information content (AvgIpc) is 2.60. The molecule has 1 fully saturated rings. The highest BCUT2D eigenvalue weighted by Gasteiger charge is 2.46. The third-order valence-corrected chi connectivity index (χ3v) is 3.35. The Hall–Kier alpha value is -0.610. The molecule has 1 aliphatic rings. The van der Waals surface area contributed by atoms with Gasteiger partial charge in [0.1, 0.15) is 5.54 Å². The highest BCUT2D eigenvalue weighted by molar-refractivity contribution is 5.81. The first-order chi connectivity index (χ1) is 7.50. The molecule has 4 nitrogen and oxygen atoms in total. The molecule has 2 atom stereocenters. The van der Waals surface area contributed by atoms with E-state index >= 15 is 0 Å². The van der Waals surface area contributed by atoms with Gasteiger partial charge in [-0.05, 0) is 39.0 Å². The number of methoxy groups -OCH3 is 1. The van der Waals surface area contributed by atoms with Gasteiger partial charge in [-0.2, -0.15) is 0 Å². The largest absolute Gasteiger partial charge is 0.468 e. The van der Waals surface area contributed by atoms with Gasteiger partial charge >= 0.3 is 5.97 Å². The summed E-state index contributed by atoms with van der Waals surface area (Å²) < 4.78 is 10.3. The zero-order valence-electron chi connectivity index (χ0n) is 10.5. The molecule has 0 bridgehead atoms. The summed E-state index contributed by atoms with van der Waals surface area (Å²) in [6.07, 6.45) is 3.78. The molecule has 94 valence electrons. The molecule has 4 heteroatoms. The second-order valence-electron chi connectivity index (χ2n) is 4.83. The second-order valence-corrected chi connectivity index (χ2v) is 4.83. The molecule has 1 aliphatic carbocycles. The van der Waals surface area contributed by atoms with E-state index in [1.54, 1.807) is 0 Å². The second kappa shape index (κ2) is 5.64. The van der Waals surface area contributed by atoms with Crippen LogP contribution in [0.1, 0.15) is 39.5 Å². The Morgan fingerprint density at radius 3 is 2.81 bits per heavy atom. The SMILES string of the molecule is COC(=O)C1(N)CCCC1CCOC(C)C. The van der Waals surface area contributed by atoms with Gasteiger partial charge in [-0.1, -0.05) is 6.42 Å². The summed E-state index contributed by atoms with van der Waals surface area (Å²) in [4.78, 5) is 11.7. The van der Waals surface area contributed by atoms with Gasteiger partial charge in [-0.15, -0.1) is 0 Å². The molecule has 0 aromatic rings. The van der Waals surface area contributed by atoms with Crippen LogP contribution in [0.4, 0.5) is 0 Å². The number of ether oxygens (including phenoxy) is 2. The fraction of sp³-hybridized carbons (Fsp3) is 0.917. The molecule has 0 radical (unpaired) electrons. The van der Waals surface area contributed by atoms with Crippen LogP contribution >= 0.6 is 0 Å². The van der Waals surface area contributed by atoms with Crippen molar-refractivity contribution in [2.45, 2.75) is 51.2 Å². The van der Waals surface area contributed by atoms with E-state index in [9.17, 15) is 4.79 Å². The minimum Gasteiger partial charge on any atom is -0.468 e. The van der Waals surface area contributed by atoms with Gasteiger partial charge in [0, 0.05) is 6.61 Å². The fourth-order valence-electron chi connectivity index (χ4n) is 2.41. The Morgan fingerprint density at radius 2 is 2.25 bits per heavy atom. The topological polar surface area (TPSA) is 61.5 Å². The lowest BCUT2D eigenvalue weighted by molar-refractivity contribution is -0.148. The van der Waals surface area contributed by atoms with Crippen LogP contribution in [0.2, 0.25) is 0 Å². The summed E-state index contributed by atoms with van der Waals surface area (Å²) >= 11 is 0. The van der Waals surface area contributed by atoms with Crippen molar-refractivity contribution in [3.63, 3.8) is 0 Å². The van der Waals surface area contributed by atoms with Crippen molar-refractivity contribution >= 4 is 5.97 Å². The van der Waals surface area contributed by atoms with Gasteiger partial charge in [0.2, 0.25) is 0 Å². The lowest BCUT2D eigenvalue weighted by atomic mass is 9.86. The lowest BCUT2D eigenvalue weighted by Gasteiger charge is -2.28. The zero-order chi connectivity index (χ0) is 12.2. The summed E-state index contributed by atoms with van der Waals surface area (Å²) in [5.74, 6) is -0.0850. The molecular formula is C12H23NO3. The Balaban J connectivity index is 2.48. The Kier molecular flexibility index (Phi) is 4.74. The van der Waals surface area contributed by atoms with E-state index in [2.05, 4.69) is 0 Å². The summed E-state index contributed by atoms with van der Waals surface area (Å²) in [7, 11) is 1.40. The Bertz CT molecular complexity index is 242. The number of hydrogen-bond donors (Lipinski definition) is 1. The molecule has 1 saturated carbocycles. The van der Waals surface area contributed by atoms with Crippen molar-refractivity contribution < 1.29 is 14.3 Å². The predicted octanol–water partition coefficient (Wildman–Crippen LogP) is 1.47. The van der Waals surface area contributed by atoms with Crippen molar-refractivity contribution in [1.82, 2.24) is 0 Å². The van der Waals surface area contributed by atoms with Crippen LogP contribution in [0.15, 0.2) is 0 Å². The van der Waals surface area contributed by atoms with Gasteiger partial charge in [0.05, 0.1) is 13.2 Å². The minimum atomic E-state index is -0.783. The van der Waals surface area contributed by atoms with Crippen LogP contribution in [0.25, 0.3) is 0 Å². The maximum atomic E-state index is 11.7. The molecule has 0 saturated heterocycles. The van der Waals surface area contributed by atoms with E-state index in [1.165, 1.54) is 7.11 Å². The van der Waals surface area contributed by atoms with Crippen LogP contribution in [0.5, 0.6) is 0 Å². The molecule has 0 aliphatic heterocycles. The monoisotopic (exact) mass is 229 g/mol. The van der Waals surface area contributed by atoms with E-state index in [4.69, 9.17) is 15.2 Å². The summed E-state index contributed by atoms with van der Waals surface area (Å²) in [5, 5.41) is 0. The first-order valence-electron chi connectivity index (χ1n) is 5.99. The zero-order valence-corrected chi connectivity index (χ0v) is 10.5. The van der Waals surface area contributed by atoms with E-state index in [1.807, 2.05) is 13.8 Å². The summed E-state index contributed by atoms with van der Waals surface area (Å²) in [6.45, 7) is 4.67. The third-order valence-electron chi connectivity index (χ3n) is 3.35. The normalized spacial score (nSPS) is 29.7. The molecule has 2 N–H and O–H groups in total. The van der Waals surface area contributed by atoms with Gasteiger partial charge < -0.3 is 15.2 Å². The molecule has 1 rings (SSSR count). The van der Waals surface area contributed by atoms with Crippen LogP contribution in [0, 0.1) is 5.92 Å². The van der Waals surface area contributed by atoms with Crippen molar-refractivity contribution in [2.24, 2.45) is 11.7 Å². The highest BCUT2D eigenvalue weighted by Crippen LogP contribution is 2.36. The van der Waals surface area contributed by atoms with Crippen LogP contribution in [0.3, 0.4) is 0 Å². The number of carbonyl (C=O) groups is 1. The van der Waals surface area contributed by atoms with Gasteiger partial charge in [0.15, 0.2) is 0 Å². The quantitative estimate of drug-likeness (QED) is 0.725. The van der Waals surface area contributed by atoms with Crippen molar-refractivity contribution in [3.8, 4) is 0 Å². The van der Waals surface area contributed by atoms with E-state index < -0.39 is 5.54 Å². The molecule has 0 spiro atoms. The summed E-state index contributed by atoms with van der Waals surface area (Å²) in [5.41, 5.74) is 5.36. The molecule has 2 unspecified atom stereocenters. The smallest absolute Gasteiger partial charge is 0.326 e. The maximum Gasteiger partial charge on any atom is 0.326 e. The molecular weight excluding hydrogens is 206 g/mol.